The molecule has 2 rings (SSSR count). The molecule has 1 saturated heterocycles. The quantitative estimate of drug-likeness (QED) is 0.834. The van der Waals surface area contributed by atoms with Gasteiger partial charge in [0, 0.05) is 18.0 Å². The maximum Gasteiger partial charge on any atom is 0.323 e. The first-order chi connectivity index (χ1) is 10.5. The van der Waals surface area contributed by atoms with Gasteiger partial charge in [-0.3, -0.25) is 14.5 Å². The maximum atomic E-state index is 12.0. The normalized spacial score (nSPS) is 18.2. The number of esters is 1. The van der Waals surface area contributed by atoms with Crippen molar-refractivity contribution in [3.63, 3.8) is 0 Å². The van der Waals surface area contributed by atoms with Crippen molar-refractivity contribution < 1.29 is 14.3 Å². The standard InChI is InChI=1S/C15H18Cl2N2O3/c1-22-15(21)13-3-2-7-19(13)8-6-14(20)18-12-9-10(16)4-5-11(12)17/h4-5,9,13H,2-3,6-8H2,1H3,(H,18,20). The van der Waals surface area contributed by atoms with Gasteiger partial charge in [-0.15, -0.1) is 0 Å². The van der Waals surface area contributed by atoms with Crippen molar-refractivity contribution in [1.29, 1.82) is 0 Å². The topological polar surface area (TPSA) is 58.6 Å². The first-order valence-corrected chi connectivity index (χ1v) is 7.83. The number of nitrogens with one attached hydrogen (secondary N) is 1. The Balaban J connectivity index is 1.87. The Morgan fingerprint density at radius 1 is 1.41 bits per heavy atom. The smallest absolute Gasteiger partial charge is 0.323 e. The highest BCUT2D eigenvalue weighted by molar-refractivity contribution is 6.35. The lowest BCUT2D eigenvalue weighted by Gasteiger charge is -2.21. The summed E-state index contributed by atoms with van der Waals surface area (Å²) in [6.07, 6.45) is 1.98. The zero-order chi connectivity index (χ0) is 16.1. The van der Waals surface area contributed by atoms with Gasteiger partial charge < -0.3 is 10.1 Å². The lowest BCUT2D eigenvalue weighted by molar-refractivity contribution is -0.146. The number of hydrogen-bond acceptors (Lipinski definition) is 4. The molecule has 0 spiro atoms. The van der Waals surface area contributed by atoms with Gasteiger partial charge in [0.2, 0.25) is 5.91 Å². The largest absolute Gasteiger partial charge is 0.468 e. The molecule has 1 N–H and O–H groups in total. The van der Waals surface area contributed by atoms with E-state index in [1.165, 1.54) is 7.11 Å². The monoisotopic (exact) mass is 344 g/mol. The molecule has 1 aromatic rings. The van der Waals surface area contributed by atoms with Crippen LogP contribution in [0.25, 0.3) is 0 Å². The molecule has 0 saturated carbocycles. The lowest BCUT2D eigenvalue weighted by atomic mass is 10.2. The predicted octanol–water partition coefficient (Wildman–Crippen LogP) is 2.96. The summed E-state index contributed by atoms with van der Waals surface area (Å²) in [5.74, 6) is -0.407. The average molecular weight is 345 g/mol. The van der Waals surface area contributed by atoms with Crippen molar-refractivity contribution in [3.8, 4) is 0 Å². The van der Waals surface area contributed by atoms with E-state index in [9.17, 15) is 9.59 Å². The number of anilines is 1. The highest BCUT2D eigenvalue weighted by Crippen LogP contribution is 2.25. The number of rotatable bonds is 5. The molecule has 0 aliphatic carbocycles. The lowest BCUT2D eigenvalue weighted by Crippen LogP contribution is -2.38. The van der Waals surface area contributed by atoms with Crippen molar-refractivity contribution in [3.05, 3.63) is 28.2 Å². The molecule has 1 unspecified atom stereocenters. The third-order valence-electron chi connectivity index (χ3n) is 3.67. The van der Waals surface area contributed by atoms with Gasteiger partial charge in [-0.05, 0) is 37.6 Å². The fourth-order valence-corrected chi connectivity index (χ4v) is 2.88. The molecule has 0 aromatic heterocycles. The maximum absolute atomic E-state index is 12.0. The molecule has 1 aromatic carbocycles. The molecule has 1 heterocycles. The van der Waals surface area contributed by atoms with Crippen molar-refractivity contribution in [2.75, 3.05) is 25.5 Å². The summed E-state index contributed by atoms with van der Waals surface area (Å²) in [5, 5.41) is 3.68. The van der Waals surface area contributed by atoms with Crippen LogP contribution >= 0.6 is 23.2 Å². The summed E-state index contributed by atoms with van der Waals surface area (Å²) < 4.78 is 4.78. The van der Waals surface area contributed by atoms with Gasteiger partial charge in [0.1, 0.15) is 6.04 Å². The van der Waals surface area contributed by atoms with Crippen LogP contribution in [0.3, 0.4) is 0 Å². The number of ether oxygens (including phenoxy) is 1. The van der Waals surface area contributed by atoms with E-state index in [0.29, 0.717) is 22.3 Å². The summed E-state index contributed by atoms with van der Waals surface area (Å²) in [7, 11) is 1.38. The van der Waals surface area contributed by atoms with Gasteiger partial charge in [0.25, 0.3) is 0 Å². The Morgan fingerprint density at radius 3 is 2.91 bits per heavy atom. The Hall–Kier alpha value is -1.30. The average Bonchev–Trinajstić information content (AvgIpc) is 2.96. The third-order valence-corrected chi connectivity index (χ3v) is 4.23. The number of carbonyl (C=O) groups excluding carboxylic acids is 2. The van der Waals surface area contributed by atoms with Crippen LogP contribution in [0.4, 0.5) is 5.69 Å². The summed E-state index contributed by atoms with van der Waals surface area (Å²) in [6, 6.07) is 4.65. The molecule has 7 heteroatoms. The van der Waals surface area contributed by atoms with Crippen LogP contribution in [-0.4, -0.2) is 43.0 Å². The third kappa shape index (κ3) is 4.35. The van der Waals surface area contributed by atoms with Crippen molar-refractivity contribution in [2.45, 2.75) is 25.3 Å². The van der Waals surface area contributed by atoms with Crippen LogP contribution < -0.4 is 5.32 Å². The number of likely N-dealkylation sites (tertiary alicyclic amines) is 1. The number of amides is 1. The number of benzene rings is 1. The molecular weight excluding hydrogens is 327 g/mol. The van der Waals surface area contributed by atoms with Crippen molar-refractivity contribution >= 4 is 40.8 Å². The molecular formula is C15H18Cl2N2O3. The molecule has 1 aliphatic rings. The van der Waals surface area contributed by atoms with Crippen LogP contribution in [0.1, 0.15) is 19.3 Å². The second-order valence-corrected chi connectivity index (χ2v) is 5.98. The van der Waals surface area contributed by atoms with Gasteiger partial charge in [0.05, 0.1) is 17.8 Å². The summed E-state index contributed by atoms with van der Waals surface area (Å²) >= 11 is 11.9. The number of nitrogens with zero attached hydrogens (tertiary/aromatic N) is 1. The van der Waals surface area contributed by atoms with Gasteiger partial charge in [-0.1, -0.05) is 23.2 Å². The highest BCUT2D eigenvalue weighted by Gasteiger charge is 2.31. The second kappa shape index (κ2) is 7.81. The SMILES string of the molecule is COC(=O)C1CCCN1CCC(=O)Nc1cc(Cl)ccc1Cl. The van der Waals surface area contributed by atoms with E-state index >= 15 is 0 Å². The molecule has 1 fully saturated rings. The number of halogens is 2. The first-order valence-electron chi connectivity index (χ1n) is 7.08. The van der Waals surface area contributed by atoms with E-state index in [-0.39, 0.29) is 24.3 Å². The highest BCUT2D eigenvalue weighted by atomic mass is 35.5. The number of carbonyl (C=O) groups is 2. The van der Waals surface area contributed by atoms with E-state index in [4.69, 9.17) is 27.9 Å². The Bertz CT molecular complexity index is 566. The first kappa shape index (κ1) is 17.1. The zero-order valence-corrected chi connectivity index (χ0v) is 13.8. The van der Waals surface area contributed by atoms with Crippen LogP contribution in [0, 0.1) is 0 Å². The molecule has 1 amide bonds. The van der Waals surface area contributed by atoms with Gasteiger partial charge in [-0.2, -0.15) is 0 Å². The molecule has 0 bridgehead atoms. The minimum atomic E-state index is -0.243. The second-order valence-electron chi connectivity index (χ2n) is 5.14. The number of hydrogen-bond donors (Lipinski definition) is 1. The predicted molar refractivity (Wildman–Crippen MR) is 86.3 cm³/mol. The van der Waals surface area contributed by atoms with E-state index in [1.807, 2.05) is 4.90 Å². The molecule has 5 nitrogen and oxygen atoms in total. The minimum absolute atomic E-state index is 0.167. The molecule has 0 radical (unpaired) electrons. The summed E-state index contributed by atoms with van der Waals surface area (Å²) in [6.45, 7) is 1.30. The Labute approximate surface area is 139 Å². The molecule has 1 aliphatic heterocycles. The zero-order valence-electron chi connectivity index (χ0n) is 12.3. The van der Waals surface area contributed by atoms with Gasteiger partial charge in [-0.25, -0.2) is 0 Å². The van der Waals surface area contributed by atoms with Crippen LogP contribution in [-0.2, 0) is 14.3 Å². The van der Waals surface area contributed by atoms with E-state index < -0.39 is 0 Å². The Kier molecular flexibility index (Phi) is 6.06. The molecule has 120 valence electrons. The van der Waals surface area contributed by atoms with E-state index in [1.54, 1.807) is 18.2 Å². The number of methoxy groups -OCH3 is 1. The van der Waals surface area contributed by atoms with Gasteiger partial charge in [0.15, 0.2) is 0 Å². The van der Waals surface area contributed by atoms with Crippen LogP contribution in [0.2, 0.25) is 10.0 Å². The van der Waals surface area contributed by atoms with Gasteiger partial charge >= 0.3 is 5.97 Å². The molecule has 22 heavy (non-hydrogen) atoms. The van der Waals surface area contributed by atoms with Crippen LogP contribution in [0.15, 0.2) is 18.2 Å². The van der Waals surface area contributed by atoms with E-state index in [2.05, 4.69) is 5.32 Å². The summed E-state index contributed by atoms with van der Waals surface area (Å²) in [5.41, 5.74) is 0.491. The minimum Gasteiger partial charge on any atom is -0.468 e. The van der Waals surface area contributed by atoms with Crippen molar-refractivity contribution in [2.24, 2.45) is 0 Å². The van der Waals surface area contributed by atoms with Crippen molar-refractivity contribution in [1.82, 2.24) is 4.90 Å². The molecule has 1 atom stereocenters. The van der Waals surface area contributed by atoms with Crippen LogP contribution in [0.5, 0.6) is 0 Å². The Morgan fingerprint density at radius 2 is 2.18 bits per heavy atom. The fourth-order valence-electron chi connectivity index (χ4n) is 2.55. The fraction of sp³-hybridized carbons (Fsp3) is 0.467. The summed E-state index contributed by atoms with van der Waals surface area (Å²) in [4.78, 5) is 25.6. The van der Waals surface area contributed by atoms with E-state index in [0.717, 1.165) is 19.4 Å².